The molecule has 0 aliphatic carbocycles. The number of allylic oxidation sites excluding steroid dienone is 6. The molecule has 1 N–H and O–H groups in total. The van der Waals surface area contributed by atoms with Crippen molar-refractivity contribution in [1.82, 2.24) is 10.2 Å². The Kier molecular flexibility index (Phi) is 25.6. The topological polar surface area (TPSA) is 36.9 Å². The number of oxime groups is 1. The van der Waals surface area contributed by atoms with E-state index in [4.69, 9.17) is 4.84 Å². The van der Waals surface area contributed by atoms with Crippen LogP contribution in [0.15, 0.2) is 41.6 Å². The number of nitrogens with zero attached hydrogens (tertiary/aromatic N) is 2. The first kappa shape index (κ1) is 34.6. The molecule has 4 heteroatoms. The fourth-order valence-corrected chi connectivity index (χ4v) is 4.05. The van der Waals surface area contributed by atoms with Crippen molar-refractivity contribution in [2.24, 2.45) is 11.1 Å². The Labute approximate surface area is 225 Å². The maximum Gasteiger partial charge on any atom is 0.139 e. The molecule has 0 rings (SSSR count). The van der Waals surface area contributed by atoms with Gasteiger partial charge in [0.15, 0.2) is 0 Å². The summed E-state index contributed by atoms with van der Waals surface area (Å²) in [4.78, 5) is 8.19. The van der Waals surface area contributed by atoms with Gasteiger partial charge in [0.05, 0.1) is 5.71 Å². The molecule has 36 heavy (non-hydrogen) atoms. The molecule has 0 bridgehead atoms. The van der Waals surface area contributed by atoms with Gasteiger partial charge in [0, 0.05) is 19.5 Å². The van der Waals surface area contributed by atoms with Crippen LogP contribution in [0.3, 0.4) is 0 Å². The fraction of sp³-hybridized carbons (Fsp3) is 0.781. The van der Waals surface area contributed by atoms with Gasteiger partial charge in [0.2, 0.25) is 0 Å². The van der Waals surface area contributed by atoms with Gasteiger partial charge in [0.25, 0.3) is 0 Å². The number of rotatable bonds is 25. The lowest BCUT2D eigenvalue weighted by molar-refractivity contribution is 0.0504. The van der Waals surface area contributed by atoms with Crippen LogP contribution in [0.1, 0.15) is 118 Å². The lowest BCUT2D eigenvalue weighted by Gasteiger charge is -2.17. The molecule has 0 heterocycles. The second-order valence-corrected chi connectivity index (χ2v) is 10.8. The maximum atomic E-state index is 6.00. The van der Waals surface area contributed by atoms with Crippen molar-refractivity contribution < 1.29 is 4.84 Å². The second kappa shape index (κ2) is 26.7. The summed E-state index contributed by atoms with van der Waals surface area (Å²) in [7, 11) is 4.20. The highest BCUT2D eigenvalue weighted by molar-refractivity contribution is 5.81. The van der Waals surface area contributed by atoms with Gasteiger partial charge in [-0.25, -0.2) is 0 Å². The third-order valence-electron chi connectivity index (χ3n) is 6.53. The third-order valence-corrected chi connectivity index (χ3v) is 6.53. The van der Waals surface area contributed by atoms with E-state index < -0.39 is 0 Å². The number of nitrogens with one attached hydrogen (secondary N) is 1. The Balaban J connectivity index is 4.13. The monoisotopic (exact) mass is 503 g/mol. The van der Waals surface area contributed by atoms with E-state index in [2.05, 4.69) is 86.7 Å². The molecular formula is C32H61N3O. The summed E-state index contributed by atoms with van der Waals surface area (Å²) >= 11 is 0. The molecule has 0 amide bonds. The van der Waals surface area contributed by atoms with Crippen LogP contribution < -0.4 is 5.32 Å². The quantitative estimate of drug-likeness (QED) is 0.0586. The van der Waals surface area contributed by atoms with Crippen LogP contribution in [-0.4, -0.2) is 50.4 Å². The molecule has 0 aromatic carbocycles. The van der Waals surface area contributed by atoms with Gasteiger partial charge >= 0.3 is 0 Å². The molecule has 0 radical (unpaired) electrons. The highest BCUT2D eigenvalue weighted by Crippen LogP contribution is 2.16. The largest absolute Gasteiger partial charge is 0.391 e. The van der Waals surface area contributed by atoms with Crippen molar-refractivity contribution in [3.8, 4) is 0 Å². The summed E-state index contributed by atoms with van der Waals surface area (Å²) in [5.74, 6) is 0.774. The van der Waals surface area contributed by atoms with Crippen LogP contribution in [0.4, 0.5) is 0 Å². The Bertz CT molecular complexity index is 580. The first-order valence-electron chi connectivity index (χ1n) is 15.0. The predicted octanol–water partition coefficient (Wildman–Crippen LogP) is 8.70. The minimum atomic E-state index is 0.184. The van der Waals surface area contributed by atoms with Gasteiger partial charge < -0.3 is 15.1 Å². The SMILES string of the molecule is C\C=C/C=C\C=C/CC(C)CCCCCCCC(CNCCCCCCC)O/N=C(/C)CCN(C)C. The summed E-state index contributed by atoms with van der Waals surface area (Å²) in [6.45, 7) is 11.8. The van der Waals surface area contributed by atoms with Crippen LogP contribution >= 0.6 is 0 Å². The Morgan fingerprint density at radius 2 is 1.56 bits per heavy atom. The molecule has 0 aromatic heterocycles. The first-order valence-corrected chi connectivity index (χ1v) is 15.0. The van der Waals surface area contributed by atoms with Crippen molar-refractivity contribution in [3.63, 3.8) is 0 Å². The molecule has 0 aliphatic heterocycles. The van der Waals surface area contributed by atoms with Crippen LogP contribution in [0.2, 0.25) is 0 Å². The molecule has 210 valence electrons. The van der Waals surface area contributed by atoms with Crippen molar-refractivity contribution in [2.75, 3.05) is 33.7 Å². The number of hydrogen-bond acceptors (Lipinski definition) is 4. The minimum absolute atomic E-state index is 0.184. The summed E-state index contributed by atoms with van der Waals surface area (Å²) < 4.78 is 0. The average molecular weight is 504 g/mol. The molecule has 2 unspecified atom stereocenters. The molecule has 0 aromatic rings. The number of unbranched alkanes of at least 4 members (excludes halogenated alkanes) is 8. The molecule has 0 spiro atoms. The van der Waals surface area contributed by atoms with E-state index in [1.54, 1.807) is 0 Å². The predicted molar refractivity (Wildman–Crippen MR) is 162 cm³/mol. The van der Waals surface area contributed by atoms with E-state index in [1.807, 2.05) is 6.92 Å². The minimum Gasteiger partial charge on any atom is -0.391 e. The maximum absolute atomic E-state index is 6.00. The van der Waals surface area contributed by atoms with E-state index >= 15 is 0 Å². The van der Waals surface area contributed by atoms with Crippen LogP contribution in [0.5, 0.6) is 0 Å². The number of hydrogen-bond donors (Lipinski definition) is 1. The van der Waals surface area contributed by atoms with E-state index in [9.17, 15) is 0 Å². The zero-order valence-corrected chi connectivity index (χ0v) is 24.9. The van der Waals surface area contributed by atoms with Crippen molar-refractivity contribution in [3.05, 3.63) is 36.5 Å². The molecule has 0 fully saturated rings. The van der Waals surface area contributed by atoms with E-state index in [1.165, 1.54) is 77.0 Å². The first-order chi connectivity index (χ1) is 17.5. The van der Waals surface area contributed by atoms with Gasteiger partial charge in [-0.2, -0.15) is 0 Å². The Hall–Kier alpha value is -1.39. The molecule has 0 aliphatic rings. The molecule has 2 atom stereocenters. The summed E-state index contributed by atoms with van der Waals surface area (Å²) in [6, 6.07) is 0. The lowest BCUT2D eigenvalue weighted by atomic mass is 9.98. The lowest BCUT2D eigenvalue weighted by Crippen LogP contribution is -2.29. The fourth-order valence-electron chi connectivity index (χ4n) is 4.05. The molecule has 0 saturated carbocycles. The summed E-state index contributed by atoms with van der Waals surface area (Å²) in [5, 5.41) is 8.09. The standard InChI is InChI=1S/C32H61N3O/c1-7-9-11-13-15-19-23-30(3)24-20-16-14-17-21-25-32(29-33-27-22-18-12-10-8-2)36-34-31(4)26-28-35(5)6/h7,9,11,13,15,19,30,32-33H,8,10,12,14,16-18,20-29H2,1-6H3/b9-7-,13-11-,19-15-,34-31-. The van der Waals surface area contributed by atoms with E-state index in [0.29, 0.717) is 0 Å². The Morgan fingerprint density at radius 1 is 0.889 bits per heavy atom. The molecule has 4 nitrogen and oxygen atoms in total. The van der Waals surface area contributed by atoms with E-state index in [0.717, 1.165) is 44.1 Å². The van der Waals surface area contributed by atoms with Crippen LogP contribution in [0, 0.1) is 5.92 Å². The highest BCUT2D eigenvalue weighted by Gasteiger charge is 2.10. The van der Waals surface area contributed by atoms with Gasteiger partial charge in [0.1, 0.15) is 6.10 Å². The van der Waals surface area contributed by atoms with Gasteiger partial charge in [-0.3, -0.25) is 0 Å². The smallest absolute Gasteiger partial charge is 0.139 e. The molecular weight excluding hydrogens is 442 g/mol. The van der Waals surface area contributed by atoms with Crippen molar-refractivity contribution in [2.45, 2.75) is 124 Å². The average Bonchev–Trinajstić information content (AvgIpc) is 2.86. The Morgan fingerprint density at radius 3 is 2.28 bits per heavy atom. The second-order valence-electron chi connectivity index (χ2n) is 10.8. The van der Waals surface area contributed by atoms with Gasteiger partial charge in [-0.1, -0.05) is 113 Å². The van der Waals surface area contributed by atoms with E-state index in [-0.39, 0.29) is 6.10 Å². The zero-order valence-electron chi connectivity index (χ0n) is 24.9. The van der Waals surface area contributed by atoms with Crippen LogP contribution in [-0.2, 0) is 4.84 Å². The third kappa shape index (κ3) is 25.7. The van der Waals surface area contributed by atoms with Crippen LogP contribution in [0.25, 0.3) is 0 Å². The summed E-state index contributed by atoms with van der Waals surface area (Å²) in [6.07, 6.45) is 30.7. The van der Waals surface area contributed by atoms with Crippen molar-refractivity contribution in [1.29, 1.82) is 0 Å². The molecule has 0 saturated heterocycles. The van der Waals surface area contributed by atoms with Gasteiger partial charge in [-0.15, -0.1) is 0 Å². The van der Waals surface area contributed by atoms with Gasteiger partial charge in [-0.05, 0) is 66.1 Å². The van der Waals surface area contributed by atoms with Crippen molar-refractivity contribution >= 4 is 5.71 Å². The zero-order chi connectivity index (χ0) is 26.7. The summed E-state index contributed by atoms with van der Waals surface area (Å²) in [5.41, 5.74) is 1.09. The normalized spacial score (nSPS) is 14.6. The highest BCUT2D eigenvalue weighted by atomic mass is 16.6.